The quantitative estimate of drug-likeness (QED) is 0.867. The molecule has 0 radical (unpaired) electrons. The molecular weight excluding hydrogens is 216 g/mol. The smallest absolute Gasteiger partial charge is 0.0328 e. The molecule has 0 aromatic carbocycles. The summed E-state index contributed by atoms with van der Waals surface area (Å²) in [4.78, 5) is 5.54. The van der Waals surface area contributed by atoms with E-state index in [1.807, 2.05) is 18.4 Å². The molecule has 1 aromatic rings. The van der Waals surface area contributed by atoms with E-state index >= 15 is 0 Å². The first kappa shape index (κ1) is 12.1. The van der Waals surface area contributed by atoms with Gasteiger partial charge in [-0.1, -0.05) is 13.8 Å². The summed E-state index contributed by atoms with van der Waals surface area (Å²) >= 11 is 1.94. The molecule has 2 atom stereocenters. The minimum Gasteiger partial charge on any atom is -0.315 e. The molecule has 1 aliphatic rings. The third-order valence-corrected chi connectivity index (χ3v) is 4.58. The Morgan fingerprint density at radius 1 is 1.25 bits per heavy atom. The molecule has 0 spiro atoms. The van der Waals surface area contributed by atoms with Crippen LogP contribution >= 0.6 is 11.3 Å². The van der Waals surface area contributed by atoms with Crippen LogP contribution in [0.3, 0.4) is 0 Å². The molecule has 3 heteroatoms. The number of nitrogens with zero attached hydrogens (tertiary/aromatic N) is 1. The van der Waals surface area contributed by atoms with Crippen molar-refractivity contribution in [3.8, 4) is 0 Å². The molecule has 2 nitrogen and oxygen atoms in total. The zero-order valence-electron chi connectivity index (χ0n) is 10.5. The predicted molar refractivity (Wildman–Crippen MR) is 70.7 cm³/mol. The highest BCUT2D eigenvalue weighted by Crippen LogP contribution is 2.25. The molecule has 0 aliphatic carbocycles. The minimum absolute atomic E-state index is 0.858. The summed E-state index contributed by atoms with van der Waals surface area (Å²) in [6, 6.07) is 4.53. The predicted octanol–water partition coefficient (Wildman–Crippen LogP) is 2.56. The summed E-state index contributed by atoms with van der Waals surface area (Å²) in [6.07, 6.45) is 0. The van der Waals surface area contributed by atoms with Crippen LogP contribution in [0, 0.1) is 11.8 Å². The Balaban J connectivity index is 1.89. The maximum atomic E-state index is 3.20. The van der Waals surface area contributed by atoms with E-state index in [-0.39, 0.29) is 0 Å². The lowest BCUT2D eigenvalue weighted by molar-refractivity contribution is 0.319. The highest BCUT2D eigenvalue weighted by Gasteiger charge is 2.25. The zero-order chi connectivity index (χ0) is 11.5. The highest BCUT2D eigenvalue weighted by atomic mass is 32.1. The van der Waals surface area contributed by atoms with Crippen molar-refractivity contribution >= 4 is 11.3 Å². The first-order chi connectivity index (χ1) is 7.69. The van der Waals surface area contributed by atoms with Gasteiger partial charge in [0.1, 0.15) is 0 Å². The Bertz CT molecular complexity index is 324. The number of nitrogens with one attached hydrogen (secondary N) is 1. The van der Waals surface area contributed by atoms with E-state index < -0.39 is 0 Å². The van der Waals surface area contributed by atoms with Crippen molar-refractivity contribution in [1.82, 2.24) is 10.2 Å². The third-order valence-electron chi connectivity index (χ3n) is 3.51. The summed E-state index contributed by atoms with van der Waals surface area (Å²) in [5, 5.41) is 3.20. The van der Waals surface area contributed by atoms with Crippen LogP contribution in [0.25, 0.3) is 0 Å². The average molecular weight is 238 g/mol. The molecule has 2 unspecified atom stereocenters. The maximum absolute atomic E-state index is 3.20. The van der Waals surface area contributed by atoms with Crippen LogP contribution in [-0.4, -0.2) is 25.0 Å². The van der Waals surface area contributed by atoms with E-state index in [2.05, 4.69) is 36.2 Å². The number of likely N-dealkylation sites (tertiary alicyclic amines) is 1. The van der Waals surface area contributed by atoms with Crippen molar-refractivity contribution in [2.24, 2.45) is 11.8 Å². The van der Waals surface area contributed by atoms with E-state index in [1.165, 1.54) is 22.8 Å². The molecule has 2 rings (SSSR count). The second-order valence-corrected chi connectivity index (χ2v) is 6.30. The van der Waals surface area contributed by atoms with Crippen molar-refractivity contribution in [3.63, 3.8) is 0 Å². The van der Waals surface area contributed by atoms with Crippen LogP contribution in [0.5, 0.6) is 0 Å². The second kappa shape index (κ2) is 5.30. The van der Waals surface area contributed by atoms with Gasteiger partial charge in [-0.2, -0.15) is 0 Å². The first-order valence-electron chi connectivity index (χ1n) is 6.13. The zero-order valence-corrected chi connectivity index (χ0v) is 11.3. The molecule has 1 aromatic heterocycles. The summed E-state index contributed by atoms with van der Waals surface area (Å²) in [6.45, 7) is 9.40. The fraction of sp³-hybridized carbons (Fsp3) is 0.692. The van der Waals surface area contributed by atoms with Crippen LogP contribution in [0.2, 0.25) is 0 Å². The van der Waals surface area contributed by atoms with Gasteiger partial charge in [0.05, 0.1) is 0 Å². The molecule has 1 aliphatic heterocycles. The molecular formula is C13H22N2S. The number of rotatable bonds is 4. The summed E-state index contributed by atoms with van der Waals surface area (Å²) in [5.74, 6) is 1.72. The molecule has 1 saturated heterocycles. The second-order valence-electron chi connectivity index (χ2n) is 5.05. The minimum atomic E-state index is 0.858. The van der Waals surface area contributed by atoms with Crippen LogP contribution in [0.1, 0.15) is 23.6 Å². The van der Waals surface area contributed by atoms with E-state index in [1.54, 1.807) is 0 Å². The van der Waals surface area contributed by atoms with Crippen molar-refractivity contribution in [2.45, 2.75) is 26.9 Å². The highest BCUT2D eigenvalue weighted by molar-refractivity contribution is 7.11. The SMILES string of the molecule is CNCc1ccc(CN2CC(C)C(C)C2)s1. The molecule has 0 amide bonds. The maximum Gasteiger partial charge on any atom is 0.0328 e. The molecule has 2 heterocycles. The van der Waals surface area contributed by atoms with Crippen LogP contribution in [-0.2, 0) is 13.1 Å². The van der Waals surface area contributed by atoms with Gasteiger partial charge in [-0.05, 0) is 31.0 Å². The van der Waals surface area contributed by atoms with Gasteiger partial charge in [0.15, 0.2) is 0 Å². The van der Waals surface area contributed by atoms with Crippen molar-refractivity contribution in [3.05, 3.63) is 21.9 Å². The lowest BCUT2D eigenvalue weighted by Crippen LogP contribution is -2.19. The number of hydrogen-bond acceptors (Lipinski definition) is 3. The molecule has 1 fully saturated rings. The topological polar surface area (TPSA) is 15.3 Å². The van der Waals surface area contributed by atoms with Crippen LogP contribution < -0.4 is 5.32 Å². The summed E-state index contributed by atoms with van der Waals surface area (Å²) in [7, 11) is 2.00. The van der Waals surface area contributed by atoms with E-state index in [0.717, 1.165) is 24.9 Å². The monoisotopic (exact) mass is 238 g/mol. The fourth-order valence-electron chi connectivity index (χ4n) is 2.37. The molecule has 90 valence electrons. The Morgan fingerprint density at radius 3 is 2.50 bits per heavy atom. The first-order valence-corrected chi connectivity index (χ1v) is 6.95. The van der Waals surface area contributed by atoms with Crippen molar-refractivity contribution < 1.29 is 0 Å². The van der Waals surface area contributed by atoms with Gasteiger partial charge in [-0.15, -0.1) is 11.3 Å². The lowest BCUT2D eigenvalue weighted by Gasteiger charge is -2.13. The number of thiophene rings is 1. The van der Waals surface area contributed by atoms with Gasteiger partial charge < -0.3 is 5.32 Å². The van der Waals surface area contributed by atoms with Gasteiger partial charge in [0, 0.05) is 35.9 Å². The van der Waals surface area contributed by atoms with Gasteiger partial charge in [-0.3, -0.25) is 4.90 Å². The standard InChI is InChI=1S/C13H22N2S/c1-10-7-15(8-11(10)2)9-13-5-4-12(16-13)6-14-3/h4-5,10-11,14H,6-9H2,1-3H3. The van der Waals surface area contributed by atoms with Crippen LogP contribution in [0.15, 0.2) is 12.1 Å². The van der Waals surface area contributed by atoms with Crippen LogP contribution in [0.4, 0.5) is 0 Å². The van der Waals surface area contributed by atoms with Gasteiger partial charge in [0.25, 0.3) is 0 Å². The molecule has 16 heavy (non-hydrogen) atoms. The Kier molecular flexibility index (Phi) is 4.00. The molecule has 1 N–H and O–H groups in total. The Labute approximate surface area is 103 Å². The lowest BCUT2D eigenvalue weighted by atomic mass is 10.0. The average Bonchev–Trinajstić information content (AvgIpc) is 2.77. The number of hydrogen-bond donors (Lipinski definition) is 1. The third kappa shape index (κ3) is 2.84. The van der Waals surface area contributed by atoms with Gasteiger partial charge in [-0.25, -0.2) is 0 Å². The van der Waals surface area contributed by atoms with E-state index in [4.69, 9.17) is 0 Å². The van der Waals surface area contributed by atoms with Gasteiger partial charge in [0.2, 0.25) is 0 Å². The molecule has 0 bridgehead atoms. The fourth-order valence-corrected chi connectivity index (χ4v) is 3.45. The van der Waals surface area contributed by atoms with E-state index in [0.29, 0.717) is 0 Å². The van der Waals surface area contributed by atoms with E-state index in [9.17, 15) is 0 Å². The van der Waals surface area contributed by atoms with Crippen molar-refractivity contribution in [1.29, 1.82) is 0 Å². The Hall–Kier alpha value is -0.380. The van der Waals surface area contributed by atoms with Gasteiger partial charge >= 0.3 is 0 Å². The van der Waals surface area contributed by atoms with Crippen molar-refractivity contribution in [2.75, 3.05) is 20.1 Å². The largest absolute Gasteiger partial charge is 0.315 e. The summed E-state index contributed by atoms with van der Waals surface area (Å²) in [5.41, 5.74) is 0. The Morgan fingerprint density at radius 2 is 1.88 bits per heavy atom. The normalized spacial score (nSPS) is 26.4. The molecule has 0 saturated carbocycles. The summed E-state index contributed by atoms with van der Waals surface area (Å²) < 4.78 is 0.